The molecule has 0 fully saturated rings. The molecule has 3 rings (SSSR count). The van der Waals surface area contributed by atoms with Crippen molar-refractivity contribution in [3.8, 4) is 5.75 Å². The van der Waals surface area contributed by atoms with E-state index in [1.165, 1.54) is 42.5 Å². The van der Waals surface area contributed by atoms with Gasteiger partial charge in [0.1, 0.15) is 11.6 Å². The molecule has 0 spiro atoms. The van der Waals surface area contributed by atoms with Gasteiger partial charge in [0, 0.05) is 16.5 Å². The van der Waals surface area contributed by atoms with Crippen molar-refractivity contribution in [1.29, 1.82) is 0 Å². The Morgan fingerprint density at radius 2 is 1.62 bits per heavy atom. The number of aromatic hydroxyl groups is 1. The van der Waals surface area contributed by atoms with Crippen LogP contribution in [0.2, 0.25) is 10.0 Å². The molecule has 0 saturated carbocycles. The van der Waals surface area contributed by atoms with E-state index in [1.54, 1.807) is 6.07 Å². The monoisotopic (exact) mass is 364 g/mol. The SMILES string of the molecule is O=C(Nc1ccc(F)cc1)Nc1c(Cl)cc(Cl)c2ccc(O)cc12. The molecule has 0 heterocycles. The number of urea groups is 1. The summed E-state index contributed by atoms with van der Waals surface area (Å²) >= 11 is 12.3. The van der Waals surface area contributed by atoms with E-state index in [4.69, 9.17) is 23.2 Å². The highest BCUT2D eigenvalue weighted by atomic mass is 35.5. The molecule has 7 heteroatoms. The lowest BCUT2D eigenvalue weighted by Gasteiger charge is -2.13. The molecular formula is C17H11Cl2FN2O2. The lowest BCUT2D eigenvalue weighted by molar-refractivity contribution is 0.262. The molecule has 0 aliphatic heterocycles. The van der Waals surface area contributed by atoms with E-state index >= 15 is 0 Å². The third-order valence-corrected chi connectivity index (χ3v) is 3.97. The molecule has 0 aromatic heterocycles. The van der Waals surface area contributed by atoms with E-state index in [0.29, 0.717) is 27.2 Å². The van der Waals surface area contributed by atoms with E-state index in [9.17, 15) is 14.3 Å². The van der Waals surface area contributed by atoms with Gasteiger partial charge < -0.3 is 15.7 Å². The number of carbonyl (C=O) groups excluding carboxylic acids is 1. The zero-order chi connectivity index (χ0) is 17.3. The molecule has 122 valence electrons. The van der Waals surface area contributed by atoms with Gasteiger partial charge in [-0.1, -0.05) is 23.2 Å². The van der Waals surface area contributed by atoms with Crippen LogP contribution in [0.5, 0.6) is 5.75 Å². The van der Waals surface area contributed by atoms with Gasteiger partial charge >= 0.3 is 6.03 Å². The van der Waals surface area contributed by atoms with Gasteiger partial charge in [-0.25, -0.2) is 9.18 Å². The molecule has 3 aromatic carbocycles. The summed E-state index contributed by atoms with van der Waals surface area (Å²) in [5.74, 6) is -0.383. The predicted octanol–water partition coefficient (Wildman–Crippen LogP) is 5.64. The first kappa shape index (κ1) is 16.4. The molecule has 24 heavy (non-hydrogen) atoms. The fraction of sp³-hybridized carbons (Fsp3) is 0. The largest absolute Gasteiger partial charge is 0.508 e. The van der Waals surface area contributed by atoms with Gasteiger partial charge in [-0.05, 0) is 48.5 Å². The number of phenolic OH excluding ortho intramolecular Hbond substituents is 1. The number of fused-ring (bicyclic) bond motifs is 1. The zero-order valence-electron chi connectivity index (χ0n) is 12.1. The molecule has 0 saturated heterocycles. The van der Waals surface area contributed by atoms with E-state index in [0.717, 1.165) is 0 Å². The van der Waals surface area contributed by atoms with Gasteiger partial charge in [-0.3, -0.25) is 0 Å². The van der Waals surface area contributed by atoms with Crippen LogP contribution in [0, 0.1) is 5.82 Å². The minimum Gasteiger partial charge on any atom is -0.508 e. The molecule has 0 radical (unpaired) electrons. The average molecular weight is 365 g/mol. The Bertz CT molecular complexity index is 930. The standard InChI is InChI=1S/C17H11Cl2FN2O2/c18-14-8-15(19)16(13-7-11(23)5-6-12(13)14)22-17(24)21-10-3-1-9(20)2-4-10/h1-8,23H,(H2,21,22,24). The third kappa shape index (κ3) is 3.37. The summed E-state index contributed by atoms with van der Waals surface area (Å²) in [6.45, 7) is 0. The Hall–Kier alpha value is -2.50. The zero-order valence-corrected chi connectivity index (χ0v) is 13.6. The summed E-state index contributed by atoms with van der Waals surface area (Å²) in [6, 6.07) is 10.9. The van der Waals surface area contributed by atoms with Crippen LogP contribution in [0.15, 0.2) is 48.5 Å². The molecule has 3 N–H and O–H groups in total. The van der Waals surface area contributed by atoms with Crippen LogP contribution in [-0.4, -0.2) is 11.1 Å². The molecular weight excluding hydrogens is 354 g/mol. The Labute approximate surface area is 146 Å². The van der Waals surface area contributed by atoms with Crippen molar-refractivity contribution in [3.05, 3.63) is 64.4 Å². The summed E-state index contributed by atoms with van der Waals surface area (Å²) in [7, 11) is 0. The van der Waals surface area contributed by atoms with Gasteiger partial charge in [0.2, 0.25) is 0 Å². The number of phenols is 1. The van der Waals surface area contributed by atoms with Crippen molar-refractivity contribution in [1.82, 2.24) is 0 Å². The molecule has 3 aromatic rings. The van der Waals surface area contributed by atoms with Crippen molar-refractivity contribution in [3.63, 3.8) is 0 Å². The summed E-state index contributed by atoms with van der Waals surface area (Å²) in [4.78, 5) is 12.2. The van der Waals surface area contributed by atoms with Crippen LogP contribution >= 0.6 is 23.2 Å². The fourth-order valence-electron chi connectivity index (χ4n) is 2.27. The molecule has 0 aliphatic rings. The quantitative estimate of drug-likeness (QED) is 0.551. The Kier molecular flexibility index (Phi) is 4.46. The number of amides is 2. The Morgan fingerprint density at radius 3 is 2.33 bits per heavy atom. The second-order valence-electron chi connectivity index (χ2n) is 5.03. The van der Waals surface area contributed by atoms with Gasteiger partial charge in [-0.15, -0.1) is 0 Å². The molecule has 0 atom stereocenters. The molecule has 2 amide bonds. The summed E-state index contributed by atoms with van der Waals surface area (Å²) in [5.41, 5.74) is 0.734. The topological polar surface area (TPSA) is 61.4 Å². The van der Waals surface area contributed by atoms with Crippen molar-refractivity contribution in [2.24, 2.45) is 0 Å². The number of hydrogen-bond donors (Lipinski definition) is 3. The minimum atomic E-state index is -0.560. The first-order valence-electron chi connectivity index (χ1n) is 6.88. The van der Waals surface area contributed by atoms with Crippen LogP contribution in [0.1, 0.15) is 0 Å². The van der Waals surface area contributed by atoms with Crippen LogP contribution in [0.4, 0.5) is 20.6 Å². The first-order chi connectivity index (χ1) is 11.4. The molecule has 0 aliphatic carbocycles. The number of carbonyl (C=O) groups is 1. The van der Waals surface area contributed by atoms with Crippen LogP contribution in [0.3, 0.4) is 0 Å². The first-order valence-corrected chi connectivity index (χ1v) is 7.64. The lowest BCUT2D eigenvalue weighted by Crippen LogP contribution is -2.19. The molecule has 0 unspecified atom stereocenters. The van der Waals surface area contributed by atoms with Crippen molar-refractivity contribution in [2.75, 3.05) is 10.6 Å². The molecule has 4 nitrogen and oxygen atoms in total. The normalized spacial score (nSPS) is 10.6. The van der Waals surface area contributed by atoms with Gasteiger partial charge in [0.05, 0.1) is 15.7 Å². The number of hydrogen-bond acceptors (Lipinski definition) is 2. The summed E-state index contributed by atoms with van der Waals surface area (Å²) in [6.07, 6.45) is 0. The van der Waals surface area contributed by atoms with Gasteiger partial charge in [0.25, 0.3) is 0 Å². The lowest BCUT2D eigenvalue weighted by atomic mass is 10.1. The van der Waals surface area contributed by atoms with Crippen molar-refractivity contribution >= 4 is 51.4 Å². The van der Waals surface area contributed by atoms with Crippen molar-refractivity contribution in [2.45, 2.75) is 0 Å². The van der Waals surface area contributed by atoms with E-state index in [-0.39, 0.29) is 10.8 Å². The Morgan fingerprint density at radius 1 is 0.917 bits per heavy atom. The second kappa shape index (κ2) is 6.55. The second-order valence-corrected chi connectivity index (χ2v) is 5.85. The van der Waals surface area contributed by atoms with E-state index in [2.05, 4.69) is 10.6 Å². The van der Waals surface area contributed by atoms with Crippen LogP contribution < -0.4 is 10.6 Å². The number of benzene rings is 3. The number of rotatable bonds is 2. The smallest absolute Gasteiger partial charge is 0.323 e. The predicted molar refractivity (Wildman–Crippen MR) is 94.7 cm³/mol. The number of halogens is 3. The number of nitrogens with one attached hydrogen (secondary N) is 2. The molecule has 0 bridgehead atoms. The van der Waals surface area contributed by atoms with E-state index < -0.39 is 11.8 Å². The summed E-state index contributed by atoms with van der Waals surface area (Å²) in [5, 5.41) is 16.6. The Balaban J connectivity index is 1.93. The van der Waals surface area contributed by atoms with Crippen LogP contribution in [0.25, 0.3) is 10.8 Å². The highest BCUT2D eigenvalue weighted by Gasteiger charge is 2.13. The van der Waals surface area contributed by atoms with Crippen LogP contribution in [-0.2, 0) is 0 Å². The van der Waals surface area contributed by atoms with Gasteiger partial charge in [-0.2, -0.15) is 0 Å². The minimum absolute atomic E-state index is 0.0165. The summed E-state index contributed by atoms with van der Waals surface area (Å²) < 4.78 is 12.9. The third-order valence-electron chi connectivity index (χ3n) is 3.36. The van der Waals surface area contributed by atoms with Gasteiger partial charge in [0.15, 0.2) is 0 Å². The maximum atomic E-state index is 12.9. The highest BCUT2D eigenvalue weighted by molar-refractivity contribution is 6.41. The van der Waals surface area contributed by atoms with E-state index in [1.807, 2.05) is 0 Å². The van der Waals surface area contributed by atoms with Crippen molar-refractivity contribution < 1.29 is 14.3 Å². The average Bonchev–Trinajstić information content (AvgIpc) is 2.53. The maximum Gasteiger partial charge on any atom is 0.323 e. The number of anilines is 2. The maximum absolute atomic E-state index is 12.9. The highest BCUT2D eigenvalue weighted by Crippen LogP contribution is 2.38. The fourth-order valence-corrected chi connectivity index (χ4v) is 2.86.